The third-order valence-corrected chi connectivity index (χ3v) is 5.37. The van der Waals surface area contributed by atoms with Gasteiger partial charge in [0.15, 0.2) is 5.75 Å². The summed E-state index contributed by atoms with van der Waals surface area (Å²) in [7, 11) is -2.84. The maximum Gasteiger partial charge on any atom is 0.345 e. The fourth-order valence-electron chi connectivity index (χ4n) is 2.41. The number of hydrogen-bond donors (Lipinski definition) is 1. The van der Waals surface area contributed by atoms with Crippen LogP contribution in [0.4, 0.5) is 11.5 Å². The highest BCUT2D eigenvalue weighted by Gasteiger charge is 2.24. The van der Waals surface area contributed by atoms with Crippen LogP contribution >= 0.6 is 0 Å². The van der Waals surface area contributed by atoms with Crippen LogP contribution in [0.1, 0.15) is 10.4 Å². The van der Waals surface area contributed by atoms with Crippen molar-refractivity contribution in [3.8, 4) is 11.6 Å². The zero-order chi connectivity index (χ0) is 21.2. The van der Waals surface area contributed by atoms with Gasteiger partial charge in [0.1, 0.15) is 5.82 Å². The first-order chi connectivity index (χ1) is 13.7. The Bertz CT molecular complexity index is 1190. The number of esters is 1. The van der Waals surface area contributed by atoms with E-state index < -0.39 is 26.6 Å². The number of benzene rings is 2. The average molecular weight is 418 g/mol. The van der Waals surface area contributed by atoms with E-state index in [0.717, 1.165) is 12.1 Å². The maximum atomic E-state index is 12.6. The van der Waals surface area contributed by atoms with Gasteiger partial charge in [0.2, 0.25) is 5.88 Å². The zero-order valence-electron chi connectivity index (χ0n) is 14.9. The third-order valence-electron chi connectivity index (χ3n) is 3.76. The number of nitro groups is 1. The molecule has 1 aromatic heterocycles. The Morgan fingerprint density at radius 3 is 2.48 bits per heavy atom. The lowest BCUT2D eigenvalue weighted by atomic mass is 10.2. The molecule has 0 saturated heterocycles. The first kappa shape index (κ1) is 19.8. The molecule has 150 valence electrons. The van der Waals surface area contributed by atoms with Gasteiger partial charge in [0, 0.05) is 12.1 Å². The quantitative estimate of drug-likeness (QED) is 0.358. The Balaban J connectivity index is 1.89. The van der Waals surface area contributed by atoms with Gasteiger partial charge in [-0.3, -0.25) is 10.1 Å². The first-order valence-corrected chi connectivity index (χ1v) is 9.39. The van der Waals surface area contributed by atoms with Gasteiger partial charge in [-0.25, -0.2) is 4.79 Å². The van der Waals surface area contributed by atoms with E-state index >= 15 is 0 Å². The Morgan fingerprint density at radius 2 is 1.86 bits per heavy atom. The molecule has 2 aromatic carbocycles. The van der Waals surface area contributed by atoms with Crippen molar-refractivity contribution in [1.82, 2.24) is 9.19 Å². The van der Waals surface area contributed by atoms with Crippen molar-refractivity contribution < 1.29 is 27.6 Å². The number of nitro benzene ring substituents is 1. The molecule has 0 saturated carbocycles. The summed E-state index contributed by atoms with van der Waals surface area (Å²) in [5.74, 6) is -1.69. The van der Waals surface area contributed by atoms with Gasteiger partial charge in [-0.05, 0) is 24.3 Å². The number of hydrogen-bond acceptors (Lipinski definition) is 9. The number of nitrogen functional groups attached to an aromatic ring is 1. The highest BCUT2D eigenvalue weighted by Crippen LogP contribution is 2.28. The number of carbonyl (C=O) groups excluding carboxylic acids is 1. The van der Waals surface area contributed by atoms with Crippen molar-refractivity contribution in [2.45, 2.75) is 4.90 Å². The second-order valence-electron chi connectivity index (χ2n) is 5.60. The molecule has 0 unspecified atom stereocenters. The zero-order valence-corrected chi connectivity index (χ0v) is 15.7. The number of methoxy groups -OCH3 is 1. The summed E-state index contributed by atoms with van der Waals surface area (Å²) in [6, 6.07) is 12.0. The number of carbonyl (C=O) groups is 1. The predicted octanol–water partition coefficient (Wildman–Crippen LogP) is 1.84. The van der Waals surface area contributed by atoms with Crippen molar-refractivity contribution in [3.63, 3.8) is 0 Å². The van der Waals surface area contributed by atoms with E-state index in [1.54, 1.807) is 6.07 Å². The summed E-state index contributed by atoms with van der Waals surface area (Å²) in [5.41, 5.74) is 5.12. The van der Waals surface area contributed by atoms with E-state index in [2.05, 4.69) is 5.10 Å². The Hall–Kier alpha value is -3.93. The maximum absolute atomic E-state index is 12.6. The molecule has 2 N–H and O–H groups in total. The molecule has 0 spiro atoms. The van der Waals surface area contributed by atoms with Crippen LogP contribution < -0.4 is 15.2 Å². The van der Waals surface area contributed by atoms with Gasteiger partial charge in [-0.2, -0.15) is 8.42 Å². The van der Waals surface area contributed by atoms with E-state index in [4.69, 9.17) is 15.2 Å². The number of aromatic nitrogens is 2. The fourth-order valence-corrected chi connectivity index (χ4v) is 3.63. The molecular weight excluding hydrogens is 404 g/mol. The van der Waals surface area contributed by atoms with Crippen LogP contribution in [0.25, 0.3) is 0 Å². The van der Waals surface area contributed by atoms with Crippen molar-refractivity contribution in [2.24, 2.45) is 0 Å². The number of nitrogens with two attached hydrogens (primary N) is 1. The summed E-state index contributed by atoms with van der Waals surface area (Å²) in [4.78, 5) is 22.6. The van der Waals surface area contributed by atoms with Gasteiger partial charge in [-0.15, -0.1) is 9.19 Å². The Labute approximate surface area is 164 Å². The summed E-state index contributed by atoms with van der Waals surface area (Å²) in [6.45, 7) is 0. The topological polar surface area (TPSA) is 157 Å². The van der Waals surface area contributed by atoms with Crippen LogP contribution in [0.3, 0.4) is 0 Å². The standard InChI is InChI=1S/C17H14N4O7S/c1-27-14-8-7-11(9-13(14)21(23)24)17(22)28-16-10-15(18)20(19-16)29(25,26)12-5-3-2-4-6-12/h2-10H,18H2,1H3. The van der Waals surface area contributed by atoms with E-state index in [0.29, 0.717) is 4.09 Å². The number of rotatable bonds is 6. The molecule has 0 radical (unpaired) electrons. The number of nitrogens with zero attached hydrogens (tertiary/aromatic N) is 3. The molecule has 0 aliphatic carbocycles. The SMILES string of the molecule is COc1ccc(C(=O)Oc2cc(N)n(S(=O)(=O)c3ccccc3)n2)cc1[N+](=O)[O-]. The summed E-state index contributed by atoms with van der Waals surface area (Å²) in [5, 5.41) is 14.8. The molecule has 0 atom stereocenters. The van der Waals surface area contributed by atoms with Crippen LogP contribution in [0.5, 0.6) is 11.6 Å². The Kier molecular flexibility index (Phi) is 5.19. The minimum Gasteiger partial charge on any atom is -0.490 e. The third kappa shape index (κ3) is 3.87. The lowest BCUT2D eigenvalue weighted by Gasteiger charge is -2.05. The van der Waals surface area contributed by atoms with Crippen molar-refractivity contribution in [3.05, 3.63) is 70.3 Å². The predicted molar refractivity (Wildman–Crippen MR) is 100 cm³/mol. The molecule has 0 amide bonds. The molecule has 1 heterocycles. The minimum absolute atomic E-state index is 0.0333. The fraction of sp³-hybridized carbons (Fsp3) is 0.0588. The average Bonchev–Trinajstić information content (AvgIpc) is 3.08. The molecular formula is C17H14N4O7S. The van der Waals surface area contributed by atoms with Gasteiger partial charge in [0.05, 0.1) is 22.5 Å². The number of anilines is 1. The van der Waals surface area contributed by atoms with Gasteiger partial charge < -0.3 is 15.2 Å². The molecule has 12 heteroatoms. The van der Waals surface area contributed by atoms with E-state index in [1.807, 2.05) is 0 Å². The highest BCUT2D eigenvalue weighted by atomic mass is 32.2. The molecule has 11 nitrogen and oxygen atoms in total. The lowest BCUT2D eigenvalue weighted by molar-refractivity contribution is -0.385. The van der Waals surface area contributed by atoms with Gasteiger partial charge in [-0.1, -0.05) is 18.2 Å². The molecule has 0 bridgehead atoms. The van der Waals surface area contributed by atoms with Crippen LogP contribution in [-0.4, -0.2) is 35.6 Å². The lowest BCUT2D eigenvalue weighted by Crippen LogP contribution is -2.17. The largest absolute Gasteiger partial charge is 0.490 e. The normalized spacial score (nSPS) is 11.1. The highest BCUT2D eigenvalue weighted by molar-refractivity contribution is 7.90. The van der Waals surface area contributed by atoms with Crippen molar-refractivity contribution in [1.29, 1.82) is 0 Å². The monoisotopic (exact) mass is 418 g/mol. The van der Waals surface area contributed by atoms with E-state index in [1.165, 1.54) is 43.5 Å². The second kappa shape index (κ2) is 7.59. The van der Waals surface area contributed by atoms with Gasteiger partial charge >= 0.3 is 11.7 Å². The van der Waals surface area contributed by atoms with Crippen LogP contribution in [-0.2, 0) is 10.0 Å². The second-order valence-corrected chi connectivity index (χ2v) is 7.37. The molecule has 0 aliphatic rings. The van der Waals surface area contributed by atoms with E-state index in [9.17, 15) is 23.3 Å². The summed E-state index contributed by atoms with van der Waals surface area (Å²) >= 11 is 0. The molecule has 0 fully saturated rings. The van der Waals surface area contributed by atoms with Gasteiger partial charge in [0.25, 0.3) is 10.0 Å². The molecule has 0 aliphatic heterocycles. The molecule has 29 heavy (non-hydrogen) atoms. The summed E-state index contributed by atoms with van der Waals surface area (Å²) in [6.07, 6.45) is 0. The molecule has 3 aromatic rings. The minimum atomic E-state index is -4.09. The summed E-state index contributed by atoms with van der Waals surface area (Å²) < 4.78 is 35.6. The number of ether oxygens (including phenoxy) is 2. The van der Waals surface area contributed by atoms with E-state index in [-0.39, 0.29) is 27.9 Å². The van der Waals surface area contributed by atoms with Crippen LogP contribution in [0.15, 0.2) is 59.5 Å². The smallest absolute Gasteiger partial charge is 0.345 e. The van der Waals surface area contributed by atoms with Crippen LogP contribution in [0, 0.1) is 10.1 Å². The van der Waals surface area contributed by atoms with Crippen molar-refractivity contribution >= 4 is 27.5 Å². The first-order valence-electron chi connectivity index (χ1n) is 7.95. The van der Waals surface area contributed by atoms with Crippen molar-refractivity contribution in [2.75, 3.05) is 12.8 Å². The molecule has 3 rings (SSSR count). The Morgan fingerprint density at radius 1 is 1.17 bits per heavy atom. The van der Waals surface area contributed by atoms with Crippen LogP contribution in [0.2, 0.25) is 0 Å².